The van der Waals surface area contributed by atoms with E-state index in [1.54, 1.807) is 42.5 Å². The van der Waals surface area contributed by atoms with Gasteiger partial charge in [0, 0.05) is 0 Å². The van der Waals surface area contributed by atoms with E-state index in [4.69, 9.17) is 9.47 Å². The summed E-state index contributed by atoms with van der Waals surface area (Å²) in [6.45, 7) is 2.21. The Hall–Kier alpha value is -3.26. The molecule has 1 saturated heterocycles. The zero-order chi connectivity index (χ0) is 19.9. The van der Waals surface area contributed by atoms with Crippen molar-refractivity contribution in [1.82, 2.24) is 5.32 Å². The molecular weight excluding hydrogens is 380 g/mol. The van der Waals surface area contributed by atoms with Crippen LogP contribution in [0.25, 0.3) is 6.08 Å². The van der Waals surface area contributed by atoms with E-state index in [0.29, 0.717) is 28.7 Å². The first-order valence-corrected chi connectivity index (χ1v) is 9.36. The molecule has 1 heterocycles. The van der Waals surface area contributed by atoms with E-state index >= 15 is 0 Å². The summed E-state index contributed by atoms with van der Waals surface area (Å²) in [7, 11) is 0. The Morgan fingerprint density at radius 2 is 1.86 bits per heavy atom. The molecule has 8 heteroatoms. The molecule has 28 heavy (non-hydrogen) atoms. The van der Waals surface area contributed by atoms with Gasteiger partial charge in [-0.05, 0) is 54.6 Å². The Morgan fingerprint density at radius 3 is 2.54 bits per heavy atom. The number of imide groups is 1. The molecule has 0 unspecified atom stereocenters. The maximum absolute atomic E-state index is 12.1. The standard InChI is InChI=1S/C20H18N2O5S/c1-2-26-16-6-4-3-5-15(16)21-18(23)12-27-14-9-7-13(8-10-14)11-17-19(24)22-20(25)28-17/h3-11H,2,12H2,1H3,(H,21,23)(H,22,24,25)/b17-11-. The second-order valence-corrected chi connectivity index (χ2v) is 6.70. The van der Waals surface area contributed by atoms with Gasteiger partial charge in [-0.25, -0.2) is 0 Å². The van der Waals surface area contributed by atoms with Crippen LogP contribution in [-0.4, -0.2) is 30.3 Å². The van der Waals surface area contributed by atoms with Crippen LogP contribution in [0, 0.1) is 0 Å². The Bertz CT molecular complexity index is 924. The van der Waals surface area contributed by atoms with Crippen molar-refractivity contribution in [3.05, 3.63) is 59.0 Å². The molecular formula is C20H18N2O5S. The minimum absolute atomic E-state index is 0.159. The predicted molar refractivity (Wildman–Crippen MR) is 107 cm³/mol. The Balaban J connectivity index is 1.55. The van der Waals surface area contributed by atoms with Gasteiger partial charge in [-0.2, -0.15) is 0 Å². The molecule has 1 fully saturated rings. The van der Waals surface area contributed by atoms with Gasteiger partial charge in [0.25, 0.3) is 17.1 Å². The minimum atomic E-state index is -0.403. The topological polar surface area (TPSA) is 93.7 Å². The van der Waals surface area contributed by atoms with Gasteiger partial charge in [0.05, 0.1) is 17.2 Å². The second-order valence-electron chi connectivity index (χ2n) is 5.69. The zero-order valence-electron chi connectivity index (χ0n) is 15.1. The van der Waals surface area contributed by atoms with Crippen LogP contribution in [0.15, 0.2) is 53.4 Å². The fourth-order valence-corrected chi connectivity index (χ4v) is 3.10. The number of para-hydroxylation sites is 2. The maximum Gasteiger partial charge on any atom is 0.290 e. The van der Waals surface area contributed by atoms with Crippen molar-refractivity contribution < 1.29 is 23.9 Å². The first-order valence-electron chi connectivity index (χ1n) is 8.54. The normalized spacial score (nSPS) is 14.7. The Labute approximate surface area is 166 Å². The van der Waals surface area contributed by atoms with Gasteiger partial charge in [0.1, 0.15) is 11.5 Å². The number of benzene rings is 2. The molecule has 0 radical (unpaired) electrons. The lowest BCUT2D eigenvalue weighted by atomic mass is 10.2. The molecule has 2 aromatic rings. The van der Waals surface area contributed by atoms with Crippen LogP contribution in [-0.2, 0) is 9.59 Å². The molecule has 0 saturated carbocycles. The molecule has 3 rings (SSSR count). The molecule has 2 N–H and O–H groups in total. The van der Waals surface area contributed by atoms with Gasteiger partial charge in [0.15, 0.2) is 6.61 Å². The van der Waals surface area contributed by atoms with Crippen molar-refractivity contribution in [2.75, 3.05) is 18.5 Å². The molecule has 3 amide bonds. The van der Waals surface area contributed by atoms with Crippen LogP contribution in [0.5, 0.6) is 11.5 Å². The molecule has 0 aliphatic carbocycles. The molecule has 1 aliphatic heterocycles. The van der Waals surface area contributed by atoms with E-state index in [1.807, 2.05) is 19.1 Å². The summed E-state index contributed by atoms with van der Waals surface area (Å²) < 4.78 is 11.0. The van der Waals surface area contributed by atoms with Crippen molar-refractivity contribution in [1.29, 1.82) is 0 Å². The average Bonchev–Trinajstić information content (AvgIpc) is 3.00. The third-order valence-electron chi connectivity index (χ3n) is 3.65. The summed E-state index contributed by atoms with van der Waals surface area (Å²) in [6, 6.07) is 14.0. The lowest BCUT2D eigenvalue weighted by Gasteiger charge is -2.11. The molecule has 0 spiro atoms. The van der Waals surface area contributed by atoms with Gasteiger partial charge >= 0.3 is 0 Å². The van der Waals surface area contributed by atoms with E-state index in [1.165, 1.54) is 0 Å². The van der Waals surface area contributed by atoms with Crippen LogP contribution in [0.4, 0.5) is 10.5 Å². The molecule has 7 nitrogen and oxygen atoms in total. The SMILES string of the molecule is CCOc1ccccc1NC(=O)COc1ccc(/C=C2\SC(=O)NC2=O)cc1. The lowest BCUT2D eigenvalue weighted by molar-refractivity contribution is -0.118. The van der Waals surface area contributed by atoms with Crippen molar-refractivity contribution in [3.63, 3.8) is 0 Å². The number of nitrogens with one attached hydrogen (secondary N) is 2. The quantitative estimate of drug-likeness (QED) is 0.694. The lowest BCUT2D eigenvalue weighted by Crippen LogP contribution is -2.20. The van der Waals surface area contributed by atoms with Crippen LogP contribution < -0.4 is 20.1 Å². The molecule has 0 aromatic heterocycles. The third-order valence-corrected chi connectivity index (χ3v) is 4.46. The molecule has 1 aliphatic rings. The van der Waals surface area contributed by atoms with Crippen molar-refractivity contribution in [3.8, 4) is 11.5 Å². The largest absolute Gasteiger partial charge is 0.492 e. The number of hydrogen-bond donors (Lipinski definition) is 2. The van der Waals surface area contributed by atoms with Crippen LogP contribution in [0.1, 0.15) is 12.5 Å². The summed E-state index contributed by atoms with van der Waals surface area (Å²) in [4.78, 5) is 35.2. The smallest absolute Gasteiger partial charge is 0.290 e. The highest BCUT2D eigenvalue weighted by Crippen LogP contribution is 2.26. The van der Waals surface area contributed by atoms with Gasteiger partial charge in [-0.3, -0.25) is 19.7 Å². The van der Waals surface area contributed by atoms with Crippen LogP contribution in [0.2, 0.25) is 0 Å². The zero-order valence-corrected chi connectivity index (χ0v) is 15.9. The van der Waals surface area contributed by atoms with Gasteiger partial charge in [-0.15, -0.1) is 0 Å². The highest BCUT2D eigenvalue weighted by Gasteiger charge is 2.24. The van der Waals surface area contributed by atoms with Crippen molar-refractivity contribution in [2.45, 2.75) is 6.92 Å². The number of anilines is 1. The van der Waals surface area contributed by atoms with Crippen LogP contribution in [0.3, 0.4) is 0 Å². The molecule has 144 valence electrons. The fourth-order valence-electron chi connectivity index (χ4n) is 2.42. The van der Waals surface area contributed by atoms with Gasteiger partial charge < -0.3 is 14.8 Å². The number of carbonyl (C=O) groups excluding carboxylic acids is 3. The molecule has 2 aromatic carbocycles. The van der Waals surface area contributed by atoms with E-state index in [0.717, 1.165) is 17.3 Å². The number of hydrogen-bond acceptors (Lipinski definition) is 6. The summed E-state index contributed by atoms with van der Waals surface area (Å²) in [5.74, 6) is 0.397. The van der Waals surface area contributed by atoms with E-state index in [2.05, 4.69) is 10.6 Å². The third kappa shape index (κ3) is 5.14. The number of rotatable bonds is 7. The Kier molecular flexibility index (Phi) is 6.33. The Morgan fingerprint density at radius 1 is 1.11 bits per heavy atom. The summed E-state index contributed by atoms with van der Waals surface area (Å²) >= 11 is 0.859. The number of carbonyl (C=O) groups is 3. The van der Waals surface area contributed by atoms with Gasteiger partial charge in [-0.1, -0.05) is 24.3 Å². The molecule has 0 bridgehead atoms. The summed E-state index contributed by atoms with van der Waals surface area (Å²) in [5.41, 5.74) is 1.33. The highest BCUT2D eigenvalue weighted by molar-refractivity contribution is 8.18. The minimum Gasteiger partial charge on any atom is -0.492 e. The number of ether oxygens (including phenoxy) is 2. The monoisotopic (exact) mass is 398 g/mol. The highest BCUT2D eigenvalue weighted by atomic mass is 32.2. The van der Waals surface area contributed by atoms with Crippen LogP contribution >= 0.6 is 11.8 Å². The second kappa shape index (κ2) is 9.09. The fraction of sp³-hybridized carbons (Fsp3) is 0.150. The van der Waals surface area contributed by atoms with E-state index in [-0.39, 0.29) is 17.8 Å². The summed E-state index contributed by atoms with van der Waals surface area (Å²) in [6.07, 6.45) is 1.62. The average molecular weight is 398 g/mol. The van der Waals surface area contributed by atoms with E-state index in [9.17, 15) is 14.4 Å². The first kappa shape index (κ1) is 19.5. The summed E-state index contributed by atoms with van der Waals surface area (Å²) in [5, 5.41) is 4.58. The molecule has 0 atom stereocenters. The first-order chi connectivity index (χ1) is 13.5. The van der Waals surface area contributed by atoms with Crippen molar-refractivity contribution in [2.24, 2.45) is 0 Å². The van der Waals surface area contributed by atoms with E-state index < -0.39 is 5.91 Å². The maximum atomic E-state index is 12.1. The van der Waals surface area contributed by atoms with Gasteiger partial charge in [0.2, 0.25) is 0 Å². The predicted octanol–water partition coefficient (Wildman–Crippen LogP) is 3.43. The number of amides is 3. The van der Waals surface area contributed by atoms with Crippen molar-refractivity contribution >= 4 is 40.6 Å². The number of thioether (sulfide) groups is 1.